The molecule has 0 unspecified atom stereocenters. The predicted octanol–water partition coefficient (Wildman–Crippen LogP) is -0.402. The summed E-state index contributed by atoms with van der Waals surface area (Å²) < 4.78 is 0. The molecule has 0 saturated carbocycles. The van der Waals surface area contributed by atoms with Gasteiger partial charge in [-0.25, -0.2) is 0 Å². The maximum atomic E-state index is 13.7. The van der Waals surface area contributed by atoms with Crippen LogP contribution in [0.5, 0.6) is 0 Å². The van der Waals surface area contributed by atoms with Crippen LogP contribution in [0, 0.1) is 29.6 Å². The van der Waals surface area contributed by atoms with Crippen molar-refractivity contribution in [2.75, 3.05) is 6.61 Å². The van der Waals surface area contributed by atoms with Gasteiger partial charge in [0, 0.05) is 29.6 Å². The fourth-order valence-corrected chi connectivity index (χ4v) is 4.30. The Morgan fingerprint density at radius 2 is 0.838 bits per heavy atom. The van der Waals surface area contributed by atoms with Gasteiger partial charge in [0.25, 0.3) is 0 Å². The second-order valence-electron chi connectivity index (χ2n) is 11.1. The first kappa shape index (κ1) is 34.8. The number of aliphatic hydroxyl groups is 5. The molecule has 0 fully saturated rings. The third kappa shape index (κ3) is 5.12. The van der Waals surface area contributed by atoms with E-state index in [1.165, 1.54) is 27.7 Å². The largest absolute Gasteiger partial charge is 0.393 e. The number of rotatable bonds is 15. The summed E-state index contributed by atoms with van der Waals surface area (Å²) in [6.45, 7) is 9.98. The number of hydrogen-bond donors (Lipinski definition) is 5. The molecule has 11 heteroatoms. The average molecular weight is 531 g/mol. The predicted molar refractivity (Wildman–Crippen MR) is 131 cm³/mol. The molecule has 0 saturated heterocycles. The first-order valence-corrected chi connectivity index (χ1v) is 12.3. The summed E-state index contributed by atoms with van der Waals surface area (Å²) in [6.07, 6.45) is 0. The Kier molecular flexibility index (Phi) is 11.0. The SMILES string of the molecule is CC(C)C(=O)C(=O)[C@@](O)(C(=O)C(C)C)[C@](O)(C(=O)C(C)C)[C@@](O)(C(=O)C(C)C)[C@](O)(CO)C(=O)C(C)C. The van der Waals surface area contributed by atoms with Crippen molar-refractivity contribution in [1.82, 2.24) is 0 Å². The molecule has 0 aliphatic carbocycles. The summed E-state index contributed by atoms with van der Waals surface area (Å²) in [7, 11) is 0. The van der Waals surface area contributed by atoms with Crippen molar-refractivity contribution >= 4 is 34.7 Å². The minimum Gasteiger partial charge on any atom is -0.393 e. The van der Waals surface area contributed by atoms with Crippen molar-refractivity contribution in [1.29, 1.82) is 0 Å². The Morgan fingerprint density at radius 3 is 1.11 bits per heavy atom. The van der Waals surface area contributed by atoms with Crippen molar-refractivity contribution in [2.45, 2.75) is 91.6 Å². The Hall–Kier alpha value is -2.18. The lowest BCUT2D eigenvalue weighted by Gasteiger charge is -2.54. The third-order valence-corrected chi connectivity index (χ3v) is 6.53. The molecular weight excluding hydrogens is 488 g/mol. The highest BCUT2D eigenvalue weighted by Gasteiger charge is 2.81. The zero-order valence-corrected chi connectivity index (χ0v) is 23.3. The molecule has 0 aromatic rings. The monoisotopic (exact) mass is 530 g/mol. The van der Waals surface area contributed by atoms with Gasteiger partial charge in [-0.3, -0.25) is 28.8 Å². The number of Topliss-reactive ketones (excluding diaryl/α,β-unsaturated/α-hetero) is 6. The summed E-state index contributed by atoms with van der Waals surface area (Å²) in [5.74, 6) is -16.5. The van der Waals surface area contributed by atoms with Gasteiger partial charge < -0.3 is 25.5 Å². The highest BCUT2D eigenvalue weighted by molar-refractivity contribution is 6.47. The number of carbonyl (C=O) groups excluding carboxylic acids is 6. The molecule has 0 rings (SSSR count). The summed E-state index contributed by atoms with van der Waals surface area (Å²) >= 11 is 0. The topological polar surface area (TPSA) is 204 Å². The third-order valence-electron chi connectivity index (χ3n) is 6.53. The number of aliphatic hydroxyl groups excluding tert-OH is 1. The van der Waals surface area contributed by atoms with Crippen LogP contribution in [0.25, 0.3) is 0 Å². The normalized spacial score (nSPS) is 18.8. The molecule has 0 aliphatic heterocycles. The minimum atomic E-state index is -4.29. The fourth-order valence-electron chi connectivity index (χ4n) is 4.30. The van der Waals surface area contributed by atoms with Crippen LogP contribution < -0.4 is 0 Å². The molecule has 11 nitrogen and oxygen atoms in total. The molecular formula is C26H42O11. The zero-order chi connectivity index (χ0) is 30.1. The van der Waals surface area contributed by atoms with Gasteiger partial charge in [0.15, 0.2) is 28.7 Å². The molecule has 0 heterocycles. The van der Waals surface area contributed by atoms with Gasteiger partial charge >= 0.3 is 0 Å². The van der Waals surface area contributed by atoms with Crippen LogP contribution in [0.15, 0.2) is 0 Å². The van der Waals surface area contributed by atoms with Crippen molar-refractivity contribution < 1.29 is 54.3 Å². The molecule has 37 heavy (non-hydrogen) atoms. The molecule has 0 bridgehead atoms. The van der Waals surface area contributed by atoms with Crippen molar-refractivity contribution in [3.05, 3.63) is 0 Å². The number of carbonyl (C=O) groups is 6. The molecule has 212 valence electrons. The fraction of sp³-hybridized carbons (Fsp3) is 0.769. The lowest BCUT2D eigenvalue weighted by Crippen LogP contribution is -2.87. The first-order chi connectivity index (χ1) is 16.5. The molecule has 0 aromatic carbocycles. The molecule has 0 aliphatic rings. The van der Waals surface area contributed by atoms with Crippen LogP contribution in [0.4, 0.5) is 0 Å². The van der Waals surface area contributed by atoms with Crippen molar-refractivity contribution in [3.63, 3.8) is 0 Å². The lowest BCUT2D eigenvalue weighted by atomic mass is 9.53. The molecule has 0 aromatic heterocycles. The summed E-state index contributed by atoms with van der Waals surface area (Å²) in [5, 5.41) is 57.6. The Morgan fingerprint density at radius 1 is 0.514 bits per heavy atom. The number of ketones is 6. The van der Waals surface area contributed by atoms with Crippen LogP contribution in [0.1, 0.15) is 69.2 Å². The Labute approximate surface area is 217 Å². The highest BCUT2D eigenvalue weighted by atomic mass is 16.4. The van der Waals surface area contributed by atoms with E-state index in [-0.39, 0.29) is 0 Å². The highest BCUT2D eigenvalue weighted by Crippen LogP contribution is 2.47. The smallest absolute Gasteiger partial charge is 0.241 e. The van der Waals surface area contributed by atoms with E-state index in [9.17, 15) is 54.3 Å². The van der Waals surface area contributed by atoms with Gasteiger partial charge in [-0.2, -0.15) is 0 Å². The maximum absolute atomic E-state index is 13.7. The van der Waals surface area contributed by atoms with Crippen LogP contribution >= 0.6 is 0 Å². The van der Waals surface area contributed by atoms with E-state index in [4.69, 9.17) is 0 Å². The van der Waals surface area contributed by atoms with Crippen LogP contribution in [0.2, 0.25) is 0 Å². The summed E-state index contributed by atoms with van der Waals surface area (Å²) in [6, 6.07) is 0. The molecule has 0 amide bonds. The summed E-state index contributed by atoms with van der Waals surface area (Å²) in [5.41, 5.74) is -16.3. The molecule has 4 atom stereocenters. The average Bonchev–Trinajstić information content (AvgIpc) is 2.82. The Bertz CT molecular complexity index is 948. The zero-order valence-electron chi connectivity index (χ0n) is 23.3. The van der Waals surface area contributed by atoms with E-state index in [1.807, 2.05) is 0 Å². The Balaban J connectivity index is 8.54. The molecule has 0 spiro atoms. The summed E-state index contributed by atoms with van der Waals surface area (Å²) in [4.78, 5) is 80.3. The van der Waals surface area contributed by atoms with Gasteiger partial charge in [0.2, 0.25) is 28.4 Å². The quantitative estimate of drug-likeness (QED) is 0.136. The van der Waals surface area contributed by atoms with E-state index in [0.717, 1.165) is 41.5 Å². The standard InChI is InChI=1S/C26H42O11/c1-12(2)17(28)22(33)24(35,19(30)14(5)6)26(37,21(32)16(9)10)25(36,20(31)15(7)8)23(34,11-27)18(29)13(3)4/h12-16,27,34-37H,11H2,1-10H3/t23-,24-,25+,26+/m0/s1. The van der Waals surface area contributed by atoms with Crippen LogP contribution in [-0.2, 0) is 28.8 Å². The van der Waals surface area contributed by atoms with E-state index < -0.39 is 93.3 Å². The van der Waals surface area contributed by atoms with Crippen LogP contribution in [0.3, 0.4) is 0 Å². The first-order valence-electron chi connectivity index (χ1n) is 12.3. The van der Waals surface area contributed by atoms with Crippen LogP contribution in [-0.4, -0.2) is 89.2 Å². The lowest BCUT2D eigenvalue weighted by molar-refractivity contribution is -0.270. The molecule has 5 N–H and O–H groups in total. The van der Waals surface area contributed by atoms with Crippen molar-refractivity contribution in [2.24, 2.45) is 29.6 Å². The maximum Gasteiger partial charge on any atom is 0.241 e. The van der Waals surface area contributed by atoms with Crippen molar-refractivity contribution in [3.8, 4) is 0 Å². The van der Waals surface area contributed by atoms with Gasteiger partial charge in [0.1, 0.15) is 0 Å². The van der Waals surface area contributed by atoms with E-state index in [2.05, 4.69) is 0 Å². The van der Waals surface area contributed by atoms with E-state index in [1.54, 1.807) is 0 Å². The van der Waals surface area contributed by atoms with E-state index >= 15 is 0 Å². The van der Waals surface area contributed by atoms with Gasteiger partial charge in [-0.1, -0.05) is 69.2 Å². The second kappa shape index (κ2) is 11.7. The molecule has 0 radical (unpaired) electrons. The van der Waals surface area contributed by atoms with Gasteiger partial charge in [0.05, 0.1) is 6.61 Å². The minimum absolute atomic E-state index is 1.13. The van der Waals surface area contributed by atoms with E-state index in [0.29, 0.717) is 0 Å². The van der Waals surface area contributed by atoms with Gasteiger partial charge in [-0.05, 0) is 0 Å². The second-order valence-corrected chi connectivity index (χ2v) is 11.1. The number of hydrogen-bond acceptors (Lipinski definition) is 11. The van der Waals surface area contributed by atoms with Gasteiger partial charge in [-0.15, -0.1) is 0 Å².